The third-order valence-corrected chi connectivity index (χ3v) is 11.6. The maximum Gasteiger partial charge on any atom is 0.328 e. The third kappa shape index (κ3) is 7.97. The highest BCUT2D eigenvalue weighted by Gasteiger charge is 2.26. The summed E-state index contributed by atoms with van der Waals surface area (Å²) in [5, 5.41) is 5.65. The summed E-state index contributed by atoms with van der Waals surface area (Å²) in [4.78, 5) is 70.3. The Bertz CT molecular complexity index is 2360. The number of urea groups is 1. The Hall–Kier alpha value is -6.08. The molecule has 294 valence electrons. The average Bonchev–Trinajstić information content (AvgIpc) is 3.64. The average molecular weight is 768 g/mol. The molecule has 0 unspecified atom stereocenters. The number of rotatable bonds is 9. The van der Waals surface area contributed by atoms with Crippen molar-refractivity contribution in [1.82, 2.24) is 35.4 Å². The number of nitrogens with one attached hydrogen (secondary N) is 3. The fourth-order valence-electron chi connectivity index (χ4n) is 8.32. The fourth-order valence-corrected chi connectivity index (χ4v) is 8.32. The molecule has 5 amide bonds. The predicted octanol–water partition coefficient (Wildman–Crippen LogP) is 5.59. The van der Waals surface area contributed by atoms with Crippen LogP contribution >= 0.6 is 0 Å². The second-order valence-electron chi connectivity index (χ2n) is 15.7. The quantitative estimate of drug-likeness (QED) is 0.176. The summed E-state index contributed by atoms with van der Waals surface area (Å²) in [6.07, 6.45) is 7.17. The highest BCUT2D eigenvalue weighted by Crippen LogP contribution is 2.33. The molecule has 0 spiro atoms. The third-order valence-electron chi connectivity index (χ3n) is 11.6. The summed E-state index contributed by atoms with van der Waals surface area (Å²) in [6, 6.07) is 18.0. The van der Waals surface area contributed by atoms with Gasteiger partial charge in [-0.05, 0) is 103 Å². The first-order valence-corrected chi connectivity index (χ1v) is 19.8. The Morgan fingerprint density at radius 3 is 2.39 bits per heavy atom. The maximum absolute atomic E-state index is 13.1. The first-order valence-electron chi connectivity index (χ1n) is 19.8. The smallest absolute Gasteiger partial charge is 0.328 e. The number of hydrogen-bond donors (Lipinski definition) is 3. The number of H-pyrrole nitrogens is 1. The Morgan fingerprint density at radius 2 is 1.65 bits per heavy atom. The van der Waals surface area contributed by atoms with E-state index in [0.717, 1.165) is 90.3 Å². The number of imide groups is 1. The molecule has 5 heterocycles. The summed E-state index contributed by atoms with van der Waals surface area (Å²) in [5.41, 5.74) is 12.6. The van der Waals surface area contributed by atoms with E-state index in [2.05, 4.69) is 44.5 Å². The molecule has 3 aliphatic rings. The van der Waals surface area contributed by atoms with Crippen LogP contribution in [0.5, 0.6) is 0 Å². The molecule has 0 aliphatic carbocycles. The monoisotopic (exact) mass is 767 g/mol. The van der Waals surface area contributed by atoms with Gasteiger partial charge in [0.1, 0.15) is 5.52 Å². The van der Waals surface area contributed by atoms with E-state index in [9.17, 15) is 19.2 Å². The van der Waals surface area contributed by atoms with Gasteiger partial charge in [0.25, 0.3) is 5.91 Å². The van der Waals surface area contributed by atoms with Crippen LogP contribution in [0.1, 0.15) is 58.3 Å². The number of benzene rings is 3. The van der Waals surface area contributed by atoms with Gasteiger partial charge in [0.15, 0.2) is 5.65 Å². The van der Waals surface area contributed by atoms with Gasteiger partial charge in [-0.3, -0.25) is 29.5 Å². The van der Waals surface area contributed by atoms with Gasteiger partial charge in [0.2, 0.25) is 11.8 Å². The van der Waals surface area contributed by atoms with E-state index < -0.39 is 0 Å². The molecular weight excluding hydrogens is 719 g/mol. The second kappa shape index (κ2) is 15.8. The van der Waals surface area contributed by atoms with E-state index in [0.29, 0.717) is 37.1 Å². The van der Waals surface area contributed by atoms with Crippen molar-refractivity contribution in [3.8, 4) is 22.4 Å². The van der Waals surface area contributed by atoms with E-state index in [4.69, 9.17) is 9.97 Å². The van der Waals surface area contributed by atoms with Gasteiger partial charge in [0, 0.05) is 107 Å². The molecule has 0 saturated carbocycles. The number of anilines is 2. The van der Waals surface area contributed by atoms with Crippen LogP contribution in [0.15, 0.2) is 67.0 Å². The summed E-state index contributed by atoms with van der Waals surface area (Å²) < 4.78 is 0. The second-order valence-corrected chi connectivity index (χ2v) is 15.7. The molecule has 5 aromatic rings. The molecule has 3 aliphatic heterocycles. The molecule has 3 aromatic carbocycles. The van der Waals surface area contributed by atoms with Gasteiger partial charge in [-0.2, -0.15) is 0 Å². The summed E-state index contributed by atoms with van der Waals surface area (Å²) in [7, 11) is 3.52. The van der Waals surface area contributed by atoms with Crippen LogP contribution in [0.3, 0.4) is 0 Å². The van der Waals surface area contributed by atoms with E-state index in [-0.39, 0.29) is 29.8 Å². The maximum atomic E-state index is 13.1. The summed E-state index contributed by atoms with van der Waals surface area (Å²) in [5.74, 6) is -0.162. The van der Waals surface area contributed by atoms with Crippen molar-refractivity contribution in [2.24, 2.45) is 0 Å². The minimum atomic E-state index is -0.381. The standard InChI is InChI=1S/C44H49N9O4/c1-27-21-29(5-10-35(27)43(56)50(3)4)36-24-45-42-41(36)48-38(25-46-42)31-22-28(2)37-26-51(16-11-30(37)23-31)17-14-39(54)47-32-12-18-52(19-13-32)33-6-8-34(9-7-33)53-20-15-40(55)49-44(53)57/h5-10,21-25,32H,11-20,26H2,1-4H3,(H,45,46)(H,47,54)(H,49,55,57). The molecule has 2 saturated heterocycles. The van der Waals surface area contributed by atoms with E-state index in [1.165, 1.54) is 16.7 Å². The van der Waals surface area contributed by atoms with Crippen LogP contribution in [0.2, 0.25) is 0 Å². The fraction of sp³-hybridized carbons (Fsp3) is 0.364. The minimum absolute atomic E-state index is 0.0187. The van der Waals surface area contributed by atoms with Crippen molar-refractivity contribution in [1.29, 1.82) is 0 Å². The van der Waals surface area contributed by atoms with Crippen LogP contribution in [0.4, 0.5) is 16.2 Å². The molecule has 13 nitrogen and oxygen atoms in total. The zero-order valence-corrected chi connectivity index (χ0v) is 33.0. The lowest BCUT2D eigenvalue weighted by Crippen LogP contribution is -2.49. The number of carbonyl (C=O) groups excluding carboxylic acids is 4. The van der Waals surface area contributed by atoms with Gasteiger partial charge >= 0.3 is 6.03 Å². The summed E-state index contributed by atoms with van der Waals surface area (Å²) in [6.45, 7) is 8.59. The van der Waals surface area contributed by atoms with E-state index >= 15 is 0 Å². The molecule has 0 radical (unpaired) electrons. The predicted molar refractivity (Wildman–Crippen MR) is 221 cm³/mol. The van der Waals surface area contributed by atoms with Crippen molar-refractivity contribution in [2.45, 2.75) is 58.5 Å². The highest BCUT2D eigenvalue weighted by molar-refractivity contribution is 6.05. The number of carbonyl (C=O) groups is 4. The lowest BCUT2D eigenvalue weighted by atomic mass is 9.92. The number of amides is 5. The number of aromatic amines is 1. The van der Waals surface area contributed by atoms with Crippen molar-refractivity contribution in [3.05, 3.63) is 94.8 Å². The number of nitrogens with zero attached hydrogens (tertiary/aromatic N) is 6. The Morgan fingerprint density at radius 1 is 0.895 bits per heavy atom. The molecule has 3 N–H and O–H groups in total. The topological polar surface area (TPSA) is 147 Å². The Balaban J connectivity index is 0.843. The number of aromatic nitrogens is 3. The first-order chi connectivity index (χ1) is 27.5. The molecule has 0 atom stereocenters. The van der Waals surface area contributed by atoms with Crippen molar-refractivity contribution in [2.75, 3.05) is 56.6 Å². The van der Waals surface area contributed by atoms with Crippen LogP contribution in [0, 0.1) is 13.8 Å². The van der Waals surface area contributed by atoms with Crippen molar-refractivity contribution in [3.63, 3.8) is 0 Å². The molecule has 13 heteroatoms. The lowest BCUT2D eigenvalue weighted by Gasteiger charge is -2.34. The number of hydrogen-bond acceptors (Lipinski definition) is 8. The van der Waals surface area contributed by atoms with Crippen molar-refractivity contribution < 1.29 is 19.2 Å². The van der Waals surface area contributed by atoms with E-state index in [1.54, 1.807) is 23.9 Å². The zero-order chi connectivity index (χ0) is 39.8. The SMILES string of the molecule is Cc1cc(-c2c[nH]c3ncc(-c4cc(C)c5c(c4)CCN(CCC(=O)NC4CCN(c6ccc(N7CCC(=O)NC7=O)cc6)CC4)C5)nc23)ccc1C(=O)N(C)C. The van der Waals surface area contributed by atoms with Gasteiger partial charge in [-0.1, -0.05) is 12.1 Å². The van der Waals surface area contributed by atoms with Crippen molar-refractivity contribution >= 4 is 46.3 Å². The minimum Gasteiger partial charge on any atom is -0.371 e. The molecule has 0 bridgehead atoms. The highest BCUT2D eigenvalue weighted by atomic mass is 16.2. The zero-order valence-electron chi connectivity index (χ0n) is 33.0. The largest absolute Gasteiger partial charge is 0.371 e. The molecule has 2 aromatic heterocycles. The number of aryl methyl sites for hydroxylation is 2. The van der Waals surface area contributed by atoms with Crippen LogP contribution in [-0.2, 0) is 22.6 Å². The van der Waals surface area contributed by atoms with Crippen LogP contribution in [0.25, 0.3) is 33.5 Å². The number of fused-ring (bicyclic) bond motifs is 2. The summed E-state index contributed by atoms with van der Waals surface area (Å²) >= 11 is 0. The normalized spacial score (nSPS) is 16.4. The Kier molecular flexibility index (Phi) is 10.5. The first kappa shape index (κ1) is 37.8. The number of piperidine rings is 1. The van der Waals surface area contributed by atoms with Gasteiger partial charge < -0.3 is 20.1 Å². The molecule has 8 rings (SSSR count). The Labute approximate surface area is 332 Å². The lowest BCUT2D eigenvalue weighted by molar-refractivity contribution is -0.122. The van der Waals surface area contributed by atoms with Gasteiger partial charge in [-0.25, -0.2) is 14.8 Å². The van der Waals surface area contributed by atoms with Gasteiger partial charge in [-0.15, -0.1) is 0 Å². The van der Waals surface area contributed by atoms with Crippen LogP contribution in [-0.4, -0.2) is 101 Å². The molecule has 2 fully saturated rings. The molecule has 57 heavy (non-hydrogen) atoms. The van der Waals surface area contributed by atoms with Crippen LogP contribution < -0.4 is 20.4 Å². The molecular formula is C44H49N9O4. The van der Waals surface area contributed by atoms with Gasteiger partial charge in [0.05, 0.1) is 11.9 Å². The van der Waals surface area contributed by atoms with E-state index in [1.807, 2.05) is 61.8 Å².